The number of fused-ring (bicyclic) bond motifs is 1. The van der Waals surface area contributed by atoms with E-state index in [-0.39, 0.29) is 16.4 Å². The van der Waals surface area contributed by atoms with Gasteiger partial charge in [-0.1, -0.05) is 23.5 Å². The second-order valence-corrected chi connectivity index (χ2v) is 9.42. The molecule has 0 amide bonds. The number of phenols is 1. The number of rotatable bonds is 4. The molecule has 0 radical (unpaired) electrons. The highest BCUT2D eigenvalue weighted by Gasteiger charge is 2.35. The quantitative estimate of drug-likeness (QED) is 0.574. The molecule has 1 fully saturated rings. The molecule has 5 rings (SSSR count). The summed E-state index contributed by atoms with van der Waals surface area (Å²) in [5.41, 5.74) is 2.79. The third-order valence-electron chi connectivity index (χ3n) is 4.99. The molecule has 30 heavy (non-hydrogen) atoms. The zero-order valence-electron chi connectivity index (χ0n) is 16.1. The van der Waals surface area contributed by atoms with Crippen molar-refractivity contribution < 1.29 is 5.11 Å². The first-order valence-electron chi connectivity index (χ1n) is 9.83. The Balaban J connectivity index is 1.16. The van der Waals surface area contributed by atoms with Crippen molar-refractivity contribution in [1.29, 1.82) is 0 Å². The van der Waals surface area contributed by atoms with E-state index in [4.69, 9.17) is 0 Å². The first-order chi connectivity index (χ1) is 14.7. The number of benzene rings is 2. The highest BCUT2D eigenvalue weighted by Crippen LogP contribution is 2.45. The Labute approximate surface area is 183 Å². The van der Waals surface area contributed by atoms with Gasteiger partial charge in [0.15, 0.2) is 0 Å². The standard InChI is InChI=1S/C21H20N6OS2/c28-17-9-5-15(6-10-17)23-25-19-13-18-20(30-19)22-21(29-18)26-24-14-3-7-16(8-4-14)27-11-1-2-12-27/h3-10,13,18,20,28H,1-2,11-12H2/b25-23?,26-24+. The smallest absolute Gasteiger partial charge is 0.206 e. The van der Waals surface area contributed by atoms with Crippen molar-refractivity contribution in [2.45, 2.75) is 23.5 Å². The topological polar surface area (TPSA) is 85.3 Å². The number of azo groups is 2. The number of nitrogens with zero attached hydrogens (tertiary/aromatic N) is 6. The van der Waals surface area contributed by atoms with E-state index in [0.29, 0.717) is 10.9 Å². The summed E-state index contributed by atoms with van der Waals surface area (Å²) in [7, 11) is 0. The van der Waals surface area contributed by atoms with Gasteiger partial charge in [0.2, 0.25) is 5.17 Å². The largest absolute Gasteiger partial charge is 0.508 e. The Kier molecular flexibility index (Phi) is 5.54. The molecular weight excluding hydrogens is 416 g/mol. The molecule has 1 N–H and O–H groups in total. The van der Waals surface area contributed by atoms with Crippen LogP contribution in [0.15, 0.2) is 85.1 Å². The van der Waals surface area contributed by atoms with Crippen LogP contribution in [0.25, 0.3) is 0 Å². The van der Waals surface area contributed by atoms with Gasteiger partial charge in [-0.25, -0.2) is 4.99 Å². The molecule has 2 atom stereocenters. The second-order valence-electron chi connectivity index (χ2n) is 7.13. The highest BCUT2D eigenvalue weighted by molar-refractivity contribution is 8.16. The predicted molar refractivity (Wildman–Crippen MR) is 123 cm³/mol. The maximum atomic E-state index is 9.32. The number of thioether (sulfide) groups is 2. The van der Waals surface area contributed by atoms with Crippen LogP contribution in [0.3, 0.4) is 0 Å². The summed E-state index contributed by atoms with van der Waals surface area (Å²) in [6, 6.07) is 14.9. The Morgan fingerprint density at radius 3 is 2.20 bits per heavy atom. The minimum absolute atomic E-state index is 0.0651. The summed E-state index contributed by atoms with van der Waals surface area (Å²) in [5.74, 6) is 0.216. The van der Waals surface area contributed by atoms with Crippen molar-refractivity contribution in [1.82, 2.24) is 0 Å². The lowest BCUT2D eigenvalue weighted by molar-refractivity contribution is 0.475. The summed E-state index contributed by atoms with van der Waals surface area (Å²) in [5, 5.41) is 28.3. The predicted octanol–water partition coefficient (Wildman–Crippen LogP) is 6.25. The summed E-state index contributed by atoms with van der Waals surface area (Å²) in [4.78, 5) is 7.05. The molecule has 2 aromatic carbocycles. The molecule has 0 aliphatic carbocycles. The van der Waals surface area contributed by atoms with Crippen LogP contribution in [-0.4, -0.2) is 34.0 Å². The maximum Gasteiger partial charge on any atom is 0.206 e. The fourth-order valence-corrected chi connectivity index (χ4v) is 5.74. The molecule has 1 saturated heterocycles. The molecule has 3 aliphatic heterocycles. The fraction of sp³-hybridized carbons (Fsp3) is 0.286. The molecular formula is C21H20N6OS2. The number of phenolic OH excluding ortho intramolecular Hbond substituents is 1. The van der Waals surface area contributed by atoms with Crippen LogP contribution in [0.2, 0.25) is 0 Å². The van der Waals surface area contributed by atoms with Gasteiger partial charge in [0, 0.05) is 18.8 Å². The molecule has 2 aromatic rings. The van der Waals surface area contributed by atoms with Gasteiger partial charge in [0.25, 0.3) is 0 Å². The highest BCUT2D eigenvalue weighted by atomic mass is 32.2. The summed E-state index contributed by atoms with van der Waals surface area (Å²) >= 11 is 3.18. The van der Waals surface area contributed by atoms with Crippen molar-refractivity contribution >= 4 is 45.8 Å². The normalized spacial score (nSPS) is 23.4. The molecule has 0 bridgehead atoms. The number of aliphatic imine (C=N–C) groups is 1. The third-order valence-corrected chi connectivity index (χ3v) is 7.33. The summed E-state index contributed by atoms with van der Waals surface area (Å²) in [6.45, 7) is 2.28. The van der Waals surface area contributed by atoms with Crippen molar-refractivity contribution in [3.05, 3.63) is 59.6 Å². The van der Waals surface area contributed by atoms with Crippen LogP contribution < -0.4 is 4.90 Å². The molecule has 0 aromatic heterocycles. The maximum absolute atomic E-state index is 9.32. The Morgan fingerprint density at radius 2 is 1.50 bits per heavy atom. The van der Waals surface area contributed by atoms with Gasteiger partial charge in [-0.3, -0.25) is 0 Å². The fourth-order valence-electron chi connectivity index (χ4n) is 3.44. The van der Waals surface area contributed by atoms with Crippen LogP contribution >= 0.6 is 23.5 Å². The molecule has 3 aliphatic rings. The first kappa shape index (κ1) is 19.3. The number of hydrogen-bond donors (Lipinski definition) is 1. The number of aromatic hydroxyl groups is 1. The van der Waals surface area contributed by atoms with Gasteiger partial charge in [-0.05, 0) is 67.4 Å². The van der Waals surface area contributed by atoms with Crippen molar-refractivity contribution in [3.63, 3.8) is 0 Å². The lowest BCUT2D eigenvalue weighted by atomic mass is 10.2. The van der Waals surface area contributed by atoms with E-state index < -0.39 is 0 Å². The van der Waals surface area contributed by atoms with Crippen LogP contribution in [0.4, 0.5) is 17.1 Å². The van der Waals surface area contributed by atoms with Gasteiger partial charge in [-0.15, -0.1) is 15.3 Å². The van der Waals surface area contributed by atoms with Gasteiger partial charge in [0.1, 0.15) is 16.2 Å². The lowest BCUT2D eigenvalue weighted by Gasteiger charge is -2.17. The van der Waals surface area contributed by atoms with Crippen LogP contribution in [0.1, 0.15) is 12.8 Å². The Hall–Kier alpha value is -2.65. The molecule has 3 heterocycles. The monoisotopic (exact) mass is 436 g/mol. The van der Waals surface area contributed by atoms with Crippen LogP contribution in [-0.2, 0) is 0 Å². The zero-order chi connectivity index (χ0) is 20.3. The minimum Gasteiger partial charge on any atom is -0.508 e. The van der Waals surface area contributed by atoms with Gasteiger partial charge < -0.3 is 10.0 Å². The number of hydrogen-bond acceptors (Lipinski definition) is 9. The van der Waals surface area contributed by atoms with Gasteiger partial charge in [0.05, 0.1) is 16.6 Å². The third kappa shape index (κ3) is 4.41. The van der Waals surface area contributed by atoms with E-state index in [9.17, 15) is 5.11 Å². The van der Waals surface area contributed by atoms with E-state index in [1.54, 1.807) is 47.8 Å². The van der Waals surface area contributed by atoms with Gasteiger partial charge >= 0.3 is 0 Å². The SMILES string of the molecule is Oc1ccc(N=NC2=CC3SC(/N=N/c4ccc(N5CCCC5)cc4)=NC3S2)cc1. The molecule has 0 spiro atoms. The average molecular weight is 437 g/mol. The summed E-state index contributed by atoms with van der Waals surface area (Å²) in [6.07, 6.45) is 4.61. The summed E-state index contributed by atoms with van der Waals surface area (Å²) < 4.78 is 0. The van der Waals surface area contributed by atoms with Gasteiger partial charge in [-0.2, -0.15) is 5.11 Å². The van der Waals surface area contributed by atoms with E-state index >= 15 is 0 Å². The Morgan fingerprint density at radius 1 is 0.833 bits per heavy atom. The average Bonchev–Trinajstić information content (AvgIpc) is 3.49. The lowest BCUT2D eigenvalue weighted by Crippen LogP contribution is -2.17. The zero-order valence-corrected chi connectivity index (χ0v) is 17.8. The number of amidine groups is 1. The molecule has 152 valence electrons. The van der Waals surface area contributed by atoms with Crippen molar-refractivity contribution in [2.75, 3.05) is 18.0 Å². The van der Waals surface area contributed by atoms with Crippen molar-refractivity contribution in [2.24, 2.45) is 25.4 Å². The Bertz CT molecular complexity index is 1030. The van der Waals surface area contributed by atoms with E-state index in [2.05, 4.69) is 48.6 Å². The second kappa shape index (κ2) is 8.61. The van der Waals surface area contributed by atoms with E-state index in [1.165, 1.54) is 18.5 Å². The molecule has 0 saturated carbocycles. The first-order valence-corrected chi connectivity index (χ1v) is 11.6. The van der Waals surface area contributed by atoms with Crippen LogP contribution in [0.5, 0.6) is 5.75 Å². The number of anilines is 1. The van der Waals surface area contributed by atoms with Crippen molar-refractivity contribution in [3.8, 4) is 5.75 Å². The van der Waals surface area contributed by atoms with Crippen LogP contribution in [0, 0.1) is 0 Å². The molecule has 9 heteroatoms. The molecule has 7 nitrogen and oxygen atoms in total. The van der Waals surface area contributed by atoms with E-state index in [1.807, 2.05) is 12.1 Å². The molecule has 2 unspecified atom stereocenters. The van der Waals surface area contributed by atoms with E-state index in [0.717, 1.165) is 23.8 Å². The minimum atomic E-state index is 0.0651.